The van der Waals surface area contributed by atoms with E-state index >= 15 is 0 Å². The second kappa shape index (κ2) is 4.00. The van der Waals surface area contributed by atoms with Crippen LogP contribution in [-0.2, 0) is 0 Å². The largest absolute Gasteiger partial charge is 0.301 e. The molecule has 4 aliphatic rings. The average Bonchev–Trinajstić information content (AvgIpc) is 2.12. The number of rotatable bonds is 2. The highest BCUT2D eigenvalue weighted by atomic mass is 35.5. The number of hydrogen-bond donors (Lipinski definition) is 1. The van der Waals surface area contributed by atoms with Crippen LogP contribution in [0.4, 0.5) is 0 Å². The quantitative estimate of drug-likeness (QED) is 0.713. The molecule has 2 heteroatoms. The molecule has 0 radical (unpaired) electrons. The van der Waals surface area contributed by atoms with Gasteiger partial charge >= 0.3 is 0 Å². The van der Waals surface area contributed by atoms with E-state index in [1.54, 1.807) is 0 Å². The summed E-state index contributed by atoms with van der Waals surface area (Å²) in [4.78, 5) is 0. The molecular formula is C13H20ClN. The molecule has 0 amide bonds. The third kappa shape index (κ3) is 1.90. The summed E-state index contributed by atoms with van der Waals surface area (Å²) in [6, 6.07) is 0. The van der Waals surface area contributed by atoms with E-state index in [-0.39, 0.29) is 12.4 Å². The zero-order valence-electron chi connectivity index (χ0n) is 9.17. The first-order valence-electron chi connectivity index (χ1n) is 5.98. The van der Waals surface area contributed by atoms with Crippen molar-refractivity contribution in [3.8, 4) is 12.3 Å². The standard InChI is InChI=1S/C13H19N.ClH/c1-2-3-14-13-7-10-4-11(8-13)6-12(5-10)9-13;/h1,10-12,14H,3-9H2;1H. The fourth-order valence-corrected chi connectivity index (χ4v) is 4.57. The van der Waals surface area contributed by atoms with Crippen LogP contribution in [-0.4, -0.2) is 12.1 Å². The fraction of sp³-hybridized carbons (Fsp3) is 0.846. The van der Waals surface area contributed by atoms with Crippen molar-refractivity contribution in [1.29, 1.82) is 0 Å². The minimum atomic E-state index is 0. The monoisotopic (exact) mass is 225 g/mol. The van der Waals surface area contributed by atoms with Gasteiger partial charge in [0, 0.05) is 5.54 Å². The van der Waals surface area contributed by atoms with Crippen LogP contribution in [0.15, 0.2) is 0 Å². The summed E-state index contributed by atoms with van der Waals surface area (Å²) in [7, 11) is 0. The van der Waals surface area contributed by atoms with Gasteiger partial charge in [-0.25, -0.2) is 0 Å². The zero-order chi connectivity index (χ0) is 9.60. The lowest BCUT2D eigenvalue weighted by molar-refractivity contribution is -0.0176. The first-order chi connectivity index (χ1) is 6.80. The van der Waals surface area contributed by atoms with Crippen LogP contribution in [0.1, 0.15) is 38.5 Å². The maximum absolute atomic E-state index is 5.35. The molecule has 0 heterocycles. The summed E-state index contributed by atoms with van der Waals surface area (Å²) in [5.41, 5.74) is 0.459. The topological polar surface area (TPSA) is 12.0 Å². The number of terminal acetylenes is 1. The van der Waals surface area contributed by atoms with Crippen LogP contribution < -0.4 is 5.32 Å². The molecule has 0 saturated heterocycles. The van der Waals surface area contributed by atoms with Crippen LogP contribution in [0.2, 0.25) is 0 Å². The maximum atomic E-state index is 5.35. The third-order valence-corrected chi connectivity index (χ3v) is 4.60. The van der Waals surface area contributed by atoms with Gasteiger partial charge in [-0.2, -0.15) is 0 Å². The maximum Gasteiger partial charge on any atom is 0.0578 e. The van der Waals surface area contributed by atoms with Crippen LogP contribution in [0.3, 0.4) is 0 Å². The van der Waals surface area contributed by atoms with Gasteiger partial charge < -0.3 is 5.32 Å². The first kappa shape index (κ1) is 11.3. The van der Waals surface area contributed by atoms with E-state index in [2.05, 4.69) is 11.2 Å². The van der Waals surface area contributed by atoms with Gasteiger partial charge in [0.25, 0.3) is 0 Å². The zero-order valence-corrected chi connectivity index (χ0v) is 9.98. The molecule has 1 N–H and O–H groups in total. The lowest BCUT2D eigenvalue weighted by Crippen LogP contribution is -2.58. The highest BCUT2D eigenvalue weighted by molar-refractivity contribution is 5.85. The van der Waals surface area contributed by atoms with Crippen molar-refractivity contribution in [1.82, 2.24) is 5.32 Å². The van der Waals surface area contributed by atoms with Gasteiger partial charge in [-0.05, 0) is 56.3 Å². The minimum absolute atomic E-state index is 0. The first-order valence-corrected chi connectivity index (χ1v) is 5.98. The Bertz CT molecular complexity index is 243. The Labute approximate surface area is 98.8 Å². The summed E-state index contributed by atoms with van der Waals surface area (Å²) in [6.45, 7) is 0.770. The Morgan fingerprint density at radius 1 is 1.07 bits per heavy atom. The van der Waals surface area contributed by atoms with Gasteiger partial charge in [-0.15, -0.1) is 18.8 Å². The smallest absolute Gasteiger partial charge is 0.0578 e. The molecule has 4 aliphatic carbocycles. The van der Waals surface area contributed by atoms with Crippen molar-refractivity contribution >= 4 is 12.4 Å². The molecule has 4 rings (SSSR count). The molecule has 4 fully saturated rings. The molecule has 1 nitrogen and oxygen atoms in total. The van der Waals surface area contributed by atoms with Crippen LogP contribution in [0, 0.1) is 30.1 Å². The van der Waals surface area contributed by atoms with Gasteiger partial charge in [-0.1, -0.05) is 5.92 Å². The van der Waals surface area contributed by atoms with Crippen molar-refractivity contribution in [2.75, 3.05) is 6.54 Å². The SMILES string of the molecule is C#CCNC12CC3CC(CC(C3)C1)C2.Cl. The van der Waals surface area contributed by atoms with E-state index in [4.69, 9.17) is 6.42 Å². The number of halogens is 1. The molecule has 15 heavy (non-hydrogen) atoms. The van der Waals surface area contributed by atoms with E-state index in [9.17, 15) is 0 Å². The Hall–Kier alpha value is -0.190. The van der Waals surface area contributed by atoms with Crippen LogP contribution in [0.5, 0.6) is 0 Å². The molecule has 0 aromatic carbocycles. The van der Waals surface area contributed by atoms with Crippen molar-refractivity contribution in [3.05, 3.63) is 0 Å². The molecule has 0 spiro atoms. The predicted molar refractivity (Wildman–Crippen MR) is 65.0 cm³/mol. The molecule has 0 aromatic heterocycles. The van der Waals surface area contributed by atoms with Gasteiger partial charge in [0.05, 0.1) is 6.54 Å². The van der Waals surface area contributed by atoms with Crippen LogP contribution >= 0.6 is 12.4 Å². The third-order valence-electron chi connectivity index (χ3n) is 4.60. The highest BCUT2D eigenvalue weighted by Crippen LogP contribution is 2.55. The second-order valence-electron chi connectivity index (χ2n) is 5.76. The van der Waals surface area contributed by atoms with Crippen LogP contribution in [0.25, 0.3) is 0 Å². The van der Waals surface area contributed by atoms with Crippen molar-refractivity contribution in [3.63, 3.8) is 0 Å². The Morgan fingerprint density at radius 3 is 1.93 bits per heavy atom. The van der Waals surface area contributed by atoms with Gasteiger partial charge in [-0.3, -0.25) is 0 Å². The van der Waals surface area contributed by atoms with Crippen molar-refractivity contribution in [2.45, 2.75) is 44.1 Å². The summed E-state index contributed by atoms with van der Waals surface area (Å²) < 4.78 is 0. The number of nitrogens with one attached hydrogen (secondary N) is 1. The predicted octanol–water partition coefficient (Wildman–Crippen LogP) is 2.60. The molecule has 0 unspecified atom stereocenters. The second-order valence-corrected chi connectivity index (χ2v) is 5.76. The van der Waals surface area contributed by atoms with E-state index in [1.807, 2.05) is 0 Å². The van der Waals surface area contributed by atoms with Gasteiger partial charge in [0.15, 0.2) is 0 Å². The molecular weight excluding hydrogens is 206 g/mol. The van der Waals surface area contributed by atoms with Gasteiger partial charge in [0.1, 0.15) is 0 Å². The lowest BCUT2D eigenvalue weighted by Gasteiger charge is -2.57. The van der Waals surface area contributed by atoms with Gasteiger partial charge in [0.2, 0.25) is 0 Å². The van der Waals surface area contributed by atoms with Crippen molar-refractivity contribution in [2.24, 2.45) is 17.8 Å². The fourth-order valence-electron chi connectivity index (χ4n) is 4.57. The van der Waals surface area contributed by atoms with E-state index in [0.29, 0.717) is 5.54 Å². The molecule has 0 atom stereocenters. The van der Waals surface area contributed by atoms with Crippen molar-refractivity contribution < 1.29 is 0 Å². The van der Waals surface area contributed by atoms with E-state index in [1.165, 1.54) is 38.5 Å². The van der Waals surface area contributed by atoms with E-state index in [0.717, 1.165) is 24.3 Å². The molecule has 0 aromatic rings. The summed E-state index contributed by atoms with van der Waals surface area (Å²) in [5.74, 6) is 5.79. The minimum Gasteiger partial charge on any atom is -0.301 e. The summed E-state index contributed by atoms with van der Waals surface area (Å²) >= 11 is 0. The molecule has 4 bridgehead atoms. The summed E-state index contributed by atoms with van der Waals surface area (Å²) in [5, 5.41) is 3.64. The highest BCUT2D eigenvalue weighted by Gasteiger charge is 2.50. The molecule has 0 aliphatic heterocycles. The van der Waals surface area contributed by atoms with E-state index < -0.39 is 0 Å². The molecule has 84 valence electrons. The lowest BCUT2D eigenvalue weighted by atomic mass is 9.53. The normalized spacial score (nSPS) is 45.9. The average molecular weight is 226 g/mol. The Balaban J connectivity index is 0.000000853. The number of hydrogen-bond acceptors (Lipinski definition) is 1. The Kier molecular flexibility index (Phi) is 3.01. The summed E-state index contributed by atoms with van der Waals surface area (Å²) in [6.07, 6.45) is 14.1. The Morgan fingerprint density at radius 2 is 1.53 bits per heavy atom. The molecule has 4 saturated carbocycles.